The van der Waals surface area contributed by atoms with E-state index >= 15 is 0 Å². The average molecular weight is 393 g/mol. The van der Waals surface area contributed by atoms with Crippen LogP contribution < -0.4 is 11.1 Å². The molecule has 0 heterocycles. The van der Waals surface area contributed by atoms with Crippen molar-refractivity contribution in [2.45, 2.75) is 37.6 Å². The molecule has 5 heteroatoms. The van der Waals surface area contributed by atoms with Crippen LogP contribution >= 0.6 is 35.7 Å². The van der Waals surface area contributed by atoms with E-state index in [2.05, 4.69) is 55.3 Å². The number of hydrogen-bond donors (Lipinski definition) is 2. The Kier molecular flexibility index (Phi) is 9.26. The van der Waals surface area contributed by atoms with Gasteiger partial charge in [-0.2, -0.15) is 0 Å². The van der Waals surface area contributed by atoms with Gasteiger partial charge in [0.05, 0.1) is 0 Å². The average Bonchev–Trinajstić information content (AvgIpc) is 2.27. The molecule has 0 unspecified atom stereocenters. The first-order valence-electron chi connectivity index (χ1n) is 6.23. The van der Waals surface area contributed by atoms with Gasteiger partial charge in [-0.05, 0) is 45.1 Å². The summed E-state index contributed by atoms with van der Waals surface area (Å²) >= 11 is 1.85. The Hall–Kier alpha value is -0.430. The summed E-state index contributed by atoms with van der Waals surface area (Å²) in [5.74, 6) is 1.60. The van der Waals surface area contributed by atoms with Crippen LogP contribution in [-0.2, 0) is 0 Å². The molecule has 0 radical (unpaired) electrons. The second-order valence-corrected chi connectivity index (χ2v) is 6.33. The predicted octanol–water partition coefficient (Wildman–Crippen LogP) is 3.49. The highest BCUT2D eigenvalue weighted by atomic mass is 127. The number of thioether (sulfide) groups is 1. The molecule has 19 heavy (non-hydrogen) atoms. The summed E-state index contributed by atoms with van der Waals surface area (Å²) in [5.41, 5.74) is 5.76. The quantitative estimate of drug-likeness (QED) is 0.265. The molecule has 0 aliphatic rings. The highest BCUT2D eigenvalue weighted by Gasteiger charge is 2.09. The summed E-state index contributed by atoms with van der Waals surface area (Å²) in [6.45, 7) is 6.98. The fraction of sp³-hybridized carbons (Fsp3) is 0.500. The summed E-state index contributed by atoms with van der Waals surface area (Å²) in [5, 5.41) is 3.15. The molecule has 3 nitrogen and oxygen atoms in total. The molecule has 0 spiro atoms. The third-order valence-corrected chi connectivity index (χ3v) is 3.20. The first kappa shape index (κ1) is 18.6. The Labute approximate surface area is 137 Å². The smallest absolute Gasteiger partial charge is 0.188 e. The molecule has 0 fully saturated rings. The normalized spacial score (nSPS) is 11.8. The molecule has 1 aromatic carbocycles. The third-order valence-electron chi connectivity index (χ3n) is 2.10. The van der Waals surface area contributed by atoms with Crippen LogP contribution in [0.25, 0.3) is 0 Å². The fourth-order valence-corrected chi connectivity index (χ4v) is 2.25. The lowest BCUT2D eigenvalue weighted by Crippen LogP contribution is -2.45. The molecule has 0 amide bonds. The predicted molar refractivity (Wildman–Crippen MR) is 96.6 cm³/mol. The van der Waals surface area contributed by atoms with Crippen molar-refractivity contribution in [1.82, 2.24) is 5.32 Å². The molecule has 0 aliphatic heterocycles. The molecule has 0 aromatic heterocycles. The van der Waals surface area contributed by atoms with Crippen LogP contribution in [0.15, 0.2) is 40.2 Å². The van der Waals surface area contributed by atoms with Gasteiger partial charge in [-0.15, -0.1) is 35.7 Å². The Morgan fingerprint density at radius 1 is 1.26 bits per heavy atom. The van der Waals surface area contributed by atoms with Gasteiger partial charge in [0, 0.05) is 17.0 Å². The van der Waals surface area contributed by atoms with Crippen LogP contribution in [0.3, 0.4) is 0 Å². The Morgan fingerprint density at radius 3 is 2.47 bits per heavy atom. The molecule has 108 valence electrons. The standard InChI is InChI=1S/C14H23N3S.HI/c1-14(2,3)17-13(15)16-10-7-11-18-12-8-5-4-6-9-12;/h4-6,8-9H,7,10-11H2,1-3H3,(H3,15,16,17);1H. The van der Waals surface area contributed by atoms with E-state index in [9.17, 15) is 0 Å². The van der Waals surface area contributed by atoms with Crippen LogP contribution in [0, 0.1) is 0 Å². The summed E-state index contributed by atoms with van der Waals surface area (Å²) in [4.78, 5) is 5.62. The van der Waals surface area contributed by atoms with E-state index in [1.54, 1.807) is 0 Å². The van der Waals surface area contributed by atoms with E-state index in [4.69, 9.17) is 5.73 Å². The van der Waals surface area contributed by atoms with E-state index < -0.39 is 0 Å². The van der Waals surface area contributed by atoms with Crippen molar-refractivity contribution < 1.29 is 0 Å². The fourth-order valence-electron chi connectivity index (χ4n) is 1.39. The minimum atomic E-state index is -0.0215. The van der Waals surface area contributed by atoms with Gasteiger partial charge in [0.25, 0.3) is 0 Å². The molecule has 0 atom stereocenters. The zero-order valence-corrected chi connectivity index (χ0v) is 15.0. The zero-order valence-electron chi connectivity index (χ0n) is 11.8. The van der Waals surface area contributed by atoms with Gasteiger partial charge in [0.15, 0.2) is 5.96 Å². The van der Waals surface area contributed by atoms with Crippen molar-refractivity contribution in [1.29, 1.82) is 0 Å². The number of aliphatic imine (C=N–C) groups is 1. The van der Waals surface area contributed by atoms with Gasteiger partial charge < -0.3 is 11.1 Å². The molecule has 0 saturated carbocycles. The van der Waals surface area contributed by atoms with Crippen molar-refractivity contribution in [3.8, 4) is 0 Å². The van der Waals surface area contributed by atoms with E-state index in [0.717, 1.165) is 18.7 Å². The third kappa shape index (κ3) is 10.1. The lowest BCUT2D eigenvalue weighted by atomic mass is 10.1. The maximum absolute atomic E-state index is 5.79. The minimum absolute atomic E-state index is 0. The second-order valence-electron chi connectivity index (χ2n) is 5.16. The first-order chi connectivity index (χ1) is 8.47. The van der Waals surface area contributed by atoms with Crippen molar-refractivity contribution >= 4 is 41.7 Å². The number of hydrogen-bond acceptors (Lipinski definition) is 2. The van der Waals surface area contributed by atoms with Crippen molar-refractivity contribution in [2.24, 2.45) is 10.7 Å². The lowest BCUT2D eigenvalue weighted by Gasteiger charge is -2.20. The van der Waals surface area contributed by atoms with Gasteiger partial charge in [-0.3, -0.25) is 4.99 Å². The largest absolute Gasteiger partial charge is 0.370 e. The molecule has 1 rings (SSSR count). The Balaban J connectivity index is 0.00000324. The lowest BCUT2D eigenvalue weighted by molar-refractivity contribution is 0.508. The van der Waals surface area contributed by atoms with Crippen LogP contribution in [-0.4, -0.2) is 23.8 Å². The van der Waals surface area contributed by atoms with Crippen molar-refractivity contribution in [3.63, 3.8) is 0 Å². The summed E-state index contributed by atoms with van der Waals surface area (Å²) in [7, 11) is 0. The van der Waals surface area contributed by atoms with Crippen molar-refractivity contribution in [3.05, 3.63) is 30.3 Å². The van der Waals surface area contributed by atoms with E-state index in [0.29, 0.717) is 5.96 Å². The number of benzene rings is 1. The summed E-state index contributed by atoms with van der Waals surface area (Å²) in [6.07, 6.45) is 1.03. The molecule has 1 aromatic rings. The number of guanidine groups is 1. The van der Waals surface area contributed by atoms with Gasteiger partial charge >= 0.3 is 0 Å². The van der Waals surface area contributed by atoms with Crippen LogP contribution in [0.5, 0.6) is 0 Å². The molecular formula is C14H24IN3S. The van der Waals surface area contributed by atoms with Crippen molar-refractivity contribution in [2.75, 3.05) is 12.3 Å². The molecule has 3 N–H and O–H groups in total. The van der Waals surface area contributed by atoms with E-state index in [1.807, 2.05) is 17.8 Å². The Morgan fingerprint density at radius 2 is 1.89 bits per heavy atom. The first-order valence-corrected chi connectivity index (χ1v) is 7.22. The molecule has 0 aliphatic carbocycles. The highest BCUT2D eigenvalue weighted by molar-refractivity contribution is 14.0. The number of nitrogens with two attached hydrogens (primary N) is 1. The highest BCUT2D eigenvalue weighted by Crippen LogP contribution is 2.17. The summed E-state index contributed by atoms with van der Waals surface area (Å²) in [6, 6.07) is 10.4. The monoisotopic (exact) mass is 393 g/mol. The van der Waals surface area contributed by atoms with Gasteiger partial charge in [-0.25, -0.2) is 0 Å². The molecule has 0 bridgehead atoms. The van der Waals surface area contributed by atoms with Gasteiger partial charge in [-0.1, -0.05) is 18.2 Å². The van der Waals surface area contributed by atoms with Gasteiger partial charge in [0.2, 0.25) is 0 Å². The Bertz CT molecular complexity index is 374. The van der Waals surface area contributed by atoms with Crippen LogP contribution in [0.1, 0.15) is 27.2 Å². The second kappa shape index (κ2) is 9.47. The minimum Gasteiger partial charge on any atom is -0.370 e. The number of nitrogens with zero attached hydrogens (tertiary/aromatic N) is 1. The SMILES string of the molecule is CC(C)(C)NC(N)=NCCCSc1ccccc1.I. The molecule has 0 saturated heterocycles. The van der Waals surface area contributed by atoms with E-state index in [-0.39, 0.29) is 29.5 Å². The summed E-state index contributed by atoms with van der Waals surface area (Å²) < 4.78 is 0. The van der Waals surface area contributed by atoms with Crippen LogP contribution in [0.2, 0.25) is 0 Å². The van der Waals surface area contributed by atoms with Crippen LogP contribution in [0.4, 0.5) is 0 Å². The van der Waals surface area contributed by atoms with Gasteiger partial charge in [0.1, 0.15) is 0 Å². The number of nitrogens with one attached hydrogen (secondary N) is 1. The topological polar surface area (TPSA) is 50.4 Å². The number of halogens is 1. The van der Waals surface area contributed by atoms with E-state index in [1.165, 1.54) is 4.90 Å². The maximum atomic E-state index is 5.79. The zero-order chi connectivity index (χ0) is 13.4. The maximum Gasteiger partial charge on any atom is 0.188 e. The molecular weight excluding hydrogens is 369 g/mol. The number of rotatable bonds is 5.